The van der Waals surface area contributed by atoms with Crippen molar-refractivity contribution in [2.45, 2.75) is 39.0 Å². The third kappa shape index (κ3) is 5.25. The third-order valence-electron chi connectivity index (χ3n) is 2.96. The predicted octanol–water partition coefficient (Wildman–Crippen LogP) is 3.92. The van der Waals surface area contributed by atoms with Crippen LogP contribution in [-0.4, -0.2) is 11.1 Å². The molecule has 0 saturated heterocycles. The minimum Gasteiger partial charge on any atom is -0.481 e. The van der Waals surface area contributed by atoms with E-state index >= 15 is 0 Å². The number of carboxylic acids is 1. The van der Waals surface area contributed by atoms with E-state index in [2.05, 4.69) is 0 Å². The first-order valence-electron chi connectivity index (χ1n) is 6.14. The van der Waals surface area contributed by atoms with E-state index < -0.39 is 17.6 Å². The summed E-state index contributed by atoms with van der Waals surface area (Å²) in [5.41, 5.74) is 0.604. The molecule has 4 heteroatoms. The van der Waals surface area contributed by atoms with Crippen LogP contribution in [-0.2, 0) is 4.79 Å². The van der Waals surface area contributed by atoms with Gasteiger partial charge in [0.1, 0.15) is 11.6 Å². The minimum atomic E-state index is -0.602. The fourth-order valence-corrected chi connectivity index (χ4v) is 2.04. The summed E-state index contributed by atoms with van der Waals surface area (Å²) in [6, 6.07) is 3.42. The molecule has 0 spiro atoms. The third-order valence-corrected chi connectivity index (χ3v) is 2.96. The normalized spacial score (nSPS) is 15.7. The number of hydrogen-bond acceptors (Lipinski definition) is 1. The second-order valence-electron chi connectivity index (χ2n) is 4.62. The molecule has 1 saturated carbocycles. The quantitative estimate of drug-likeness (QED) is 0.826. The topological polar surface area (TPSA) is 37.3 Å². The SMILES string of the molecule is Cc1cc(F)cc(F)c1.O=C(O)C1CCCCC1. The zero-order chi connectivity index (χ0) is 13.5. The average Bonchev–Trinajstić information content (AvgIpc) is 2.29. The van der Waals surface area contributed by atoms with Gasteiger partial charge in [0.2, 0.25) is 0 Å². The Balaban J connectivity index is 0.000000180. The van der Waals surface area contributed by atoms with Crippen LogP contribution >= 0.6 is 0 Å². The lowest BCUT2D eigenvalue weighted by Gasteiger charge is -2.16. The Kier molecular flexibility index (Phi) is 5.75. The average molecular weight is 256 g/mol. The highest BCUT2D eigenvalue weighted by molar-refractivity contribution is 5.69. The molecular formula is C14H18F2O2. The van der Waals surface area contributed by atoms with E-state index in [1.807, 2.05) is 0 Å². The molecule has 0 atom stereocenters. The molecule has 100 valence electrons. The van der Waals surface area contributed by atoms with Crippen LogP contribution in [0.15, 0.2) is 18.2 Å². The van der Waals surface area contributed by atoms with Crippen molar-refractivity contribution >= 4 is 5.97 Å². The molecule has 18 heavy (non-hydrogen) atoms. The first-order valence-corrected chi connectivity index (χ1v) is 6.14. The summed E-state index contributed by atoms with van der Waals surface area (Å²) in [5, 5.41) is 8.54. The van der Waals surface area contributed by atoms with Crippen LogP contribution in [0.1, 0.15) is 37.7 Å². The first-order chi connectivity index (χ1) is 8.49. The van der Waals surface area contributed by atoms with E-state index in [0.29, 0.717) is 5.56 Å². The molecule has 0 unspecified atom stereocenters. The number of carboxylic acid groups (broad SMARTS) is 1. The molecule has 0 heterocycles. The van der Waals surface area contributed by atoms with Gasteiger partial charge in [-0.2, -0.15) is 0 Å². The van der Waals surface area contributed by atoms with Gasteiger partial charge in [0.25, 0.3) is 0 Å². The highest BCUT2D eigenvalue weighted by Gasteiger charge is 2.19. The van der Waals surface area contributed by atoms with Crippen LogP contribution in [0.4, 0.5) is 8.78 Å². The van der Waals surface area contributed by atoms with Gasteiger partial charge in [-0.15, -0.1) is 0 Å². The molecule has 0 amide bonds. The van der Waals surface area contributed by atoms with Crippen LogP contribution < -0.4 is 0 Å². The maximum Gasteiger partial charge on any atom is 0.306 e. The Bertz CT molecular complexity index is 348. The van der Waals surface area contributed by atoms with Crippen LogP contribution in [0, 0.1) is 24.5 Å². The van der Waals surface area contributed by atoms with Crippen molar-refractivity contribution in [3.63, 3.8) is 0 Å². The van der Waals surface area contributed by atoms with E-state index in [4.69, 9.17) is 5.11 Å². The van der Waals surface area contributed by atoms with E-state index in [9.17, 15) is 13.6 Å². The second-order valence-corrected chi connectivity index (χ2v) is 4.62. The molecule has 2 nitrogen and oxygen atoms in total. The molecule has 1 N–H and O–H groups in total. The van der Waals surface area contributed by atoms with Gasteiger partial charge in [-0.3, -0.25) is 4.79 Å². The van der Waals surface area contributed by atoms with Crippen molar-refractivity contribution in [1.29, 1.82) is 0 Å². The second kappa shape index (κ2) is 7.09. The molecule has 1 aliphatic rings. The van der Waals surface area contributed by atoms with Crippen LogP contribution in [0.2, 0.25) is 0 Å². The van der Waals surface area contributed by atoms with Gasteiger partial charge in [-0.05, 0) is 37.5 Å². The first kappa shape index (κ1) is 14.6. The summed E-state index contributed by atoms with van der Waals surface area (Å²) in [6.45, 7) is 1.64. The van der Waals surface area contributed by atoms with Gasteiger partial charge in [-0.1, -0.05) is 19.3 Å². The number of hydrogen-bond donors (Lipinski definition) is 1. The smallest absolute Gasteiger partial charge is 0.306 e. The fourth-order valence-electron chi connectivity index (χ4n) is 2.04. The van der Waals surface area contributed by atoms with Crippen molar-refractivity contribution < 1.29 is 18.7 Å². The van der Waals surface area contributed by atoms with Gasteiger partial charge >= 0.3 is 5.97 Å². The minimum absolute atomic E-state index is 0.0289. The summed E-state index contributed by atoms with van der Waals surface area (Å²) >= 11 is 0. The van der Waals surface area contributed by atoms with E-state index in [1.165, 1.54) is 18.6 Å². The van der Waals surface area contributed by atoms with Crippen molar-refractivity contribution in [1.82, 2.24) is 0 Å². The van der Waals surface area contributed by atoms with Gasteiger partial charge in [0, 0.05) is 6.07 Å². The van der Waals surface area contributed by atoms with Crippen LogP contribution in [0.25, 0.3) is 0 Å². The Labute approximate surface area is 106 Å². The van der Waals surface area contributed by atoms with Crippen molar-refractivity contribution in [3.05, 3.63) is 35.4 Å². The molecule has 1 aliphatic carbocycles. The number of halogens is 2. The summed E-state index contributed by atoms with van der Waals surface area (Å²) in [7, 11) is 0. The zero-order valence-electron chi connectivity index (χ0n) is 10.5. The van der Waals surface area contributed by atoms with Gasteiger partial charge < -0.3 is 5.11 Å². The van der Waals surface area contributed by atoms with Gasteiger partial charge in [0.05, 0.1) is 5.92 Å². The van der Waals surface area contributed by atoms with Crippen LogP contribution in [0.3, 0.4) is 0 Å². The molecular weight excluding hydrogens is 238 g/mol. The lowest BCUT2D eigenvalue weighted by Crippen LogP contribution is -2.16. The van der Waals surface area contributed by atoms with Crippen molar-refractivity contribution in [2.24, 2.45) is 5.92 Å². The van der Waals surface area contributed by atoms with Crippen molar-refractivity contribution in [3.8, 4) is 0 Å². The number of aliphatic carboxylic acids is 1. The standard InChI is InChI=1S/C7H6F2.C7H12O2/c1-5-2-6(8)4-7(9)3-5;8-7(9)6-4-2-1-3-5-6/h2-4H,1H3;6H,1-5H2,(H,8,9). The molecule has 0 radical (unpaired) electrons. The number of carbonyl (C=O) groups is 1. The molecule has 0 aliphatic heterocycles. The largest absolute Gasteiger partial charge is 0.481 e. The lowest BCUT2D eigenvalue weighted by atomic mass is 9.90. The summed E-state index contributed by atoms with van der Waals surface area (Å²) < 4.78 is 24.4. The predicted molar refractivity (Wildman–Crippen MR) is 65.3 cm³/mol. The lowest BCUT2D eigenvalue weighted by molar-refractivity contribution is -0.142. The van der Waals surface area contributed by atoms with Crippen molar-refractivity contribution in [2.75, 3.05) is 0 Å². The summed E-state index contributed by atoms with van der Waals surface area (Å²) in [4.78, 5) is 10.4. The molecule has 1 aromatic carbocycles. The van der Waals surface area contributed by atoms with E-state index in [0.717, 1.165) is 31.7 Å². The van der Waals surface area contributed by atoms with Gasteiger partial charge in [0.15, 0.2) is 0 Å². The number of benzene rings is 1. The maximum absolute atomic E-state index is 12.2. The number of aryl methyl sites for hydroxylation is 1. The summed E-state index contributed by atoms with van der Waals surface area (Å²) in [6.07, 6.45) is 5.24. The monoisotopic (exact) mass is 256 g/mol. The Morgan fingerprint density at radius 1 is 1.11 bits per heavy atom. The Hall–Kier alpha value is -1.45. The highest BCUT2D eigenvalue weighted by atomic mass is 19.1. The number of rotatable bonds is 1. The Morgan fingerprint density at radius 2 is 1.61 bits per heavy atom. The van der Waals surface area contributed by atoms with Crippen LogP contribution in [0.5, 0.6) is 0 Å². The summed E-state index contributed by atoms with van der Waals surface area (Å²) in [5.74, 6) is -1.67. The van der Waals surface area contributed by atoms with Gasteiger partial charge in [-0.25, -0.2) is 8.78 Å². The maximum atomic E-state index is 12.2. The van der Waals surface area contributed by atoms with E-state index in [-0.39, 0.29) is 5.92 Å². The molecule has 0 aromatic heterocycles. The highest BCUT2D eigenvalue weighted by Crippen LogP contribution is 2.23. The molecule has 1 aromatic rings. The fraction of sp³-hybridized carbons (Fsp3) is 0.500. The molecule has 1 fully saturated rings. The molecule has 2 rings (SSSR count). The zero-order valence-corrected chi connectivity index (χ0v) is 10.5. The molecule has 0 bridgehead atoms. The Morgan fingerprint density at radius 3 is 1.94 bits per heavy atom. The van der Waals surface area contributed by atoms with E-state index in [1.54, 1.807) is 6.92 Å².